The number of amides is 1. The van der Waals surface area contributed by atoms with Gasteiger partial charge in [-0.1, -0.05) is 18.2 Å². The van der Waals surface area contributed by atoms with Crippen LogP contribution in [-0.2, 0) is 11.2 Å². The summed E-state index contributed by atoms with van der Waals surface area (Å²) in [5, 5.41) is 9.34. The van der Waals surface area contributed by atoms with E-state index in [1.165, 1.54) is 0 Å². The predicted molar refractivity (Wildman–Crippen MR) is 80.5 cm³/mol. The molecule has 1 saturated heterocycles. The number of fused-ring (bicyclic) bond motifs is 1. The number of alkyl halides is 3. The summed E-state index contributed by atoms with van der Waals surface area (Å²) >= 11 is 0. The summed E-state index contributed by atoms with van der Waals surface area (Å²) in [7, 11) is 0. The highest BCUT2D eigenvalue weighted by atomic mass is 19.4. The minimum Gasteiger partial charge on any atom is -0.492 e. The smallest absolute Gasteiger partial charge is 0.414 e. The van der Waals surface area contributed by atoms with Gasteiger partial charge in [0.2, 0.25) is 5.91 Å². The Morgan fingerprint density at radius 1 is 1.25 bits per heavy atom. The molecule has 1 N–H and O–H groups in total. The maximum Gasteiger partial charge on any atom is 0.414 e. The first kappa shape index (κ1) is 17.1. The van der Waals surface area contributed by atoms with Crippen LogP contribution in [-0.4, -0.2) is 47.9 Å². The van der Waals surface area contributed by atoms with Crippen LogP contribution in [0, 0.1) is 11.8 Å². The second-order valence-electron chi connectivity index (χ2n) is 6.47. The van der Waals surface area contributed by atoms with Crippen LogP contribution in [0.1, 0.15) is 18.4 Å². The van der Waals surface area contributed by atoms with Crippen molar-refractivity contribution in [1.82, 2.24) is 4.90 Å². The zero-order valence-corrected chi connectivity index (χ0v) is 13.1. The number of likely N-dealkylation sites (tertiary alicyclic amines) is 1. The van der Waals surface area contributed by atoms with Crippen molar-refractivity contribution < 1.29 is 27.8 Å². The standard InChI is InChI=1S/C17H20F3NO3/c18-17(19,20)15(22)11-5-7-21(8-6-11)16(23)13-9-12-3-1-2-4-14(12)24-10-13/h1-4,11,13,15,22H,5-10H2. The number of aliphatic hydroxyl groups is 1. The van der Waals surface area contributed by atoms with Crippen molar-refractivity contribution in [2.45, 2.75) is 31.5 Å². The Hall–Kier alpha value is -1.76. The second kappa shape index (κ2) is 6.63. The molecule has 132 valence electrons. The number of hydrogen-bond donors (Lipinski definition) is 1. The minimum absolute atomic E-state index is 0.0792. The zero-order valence-electron chi connectivity index (χ0n) is 13.1. The Kier molecular flexibility index (Phi) is 4.71. The number of piperidine rings is 1. The van der Waals surface area contributed by atoms with Gasteiger partial charge < -0.3 is 14.7 Å². The van der Waals surface area contributed by atoms with Gasteiger partial charge in [-0.25, -0.2) is 0 Å². The van der Waals surface area contributed by atoms with Gasteiger partial charge in [-0.15, -0.1) is 0 Å². The van der Waals surface area contributed by atoms with Crippen molar-refractivity contribution in [2.75, 3.05) is 19.7 Å². The molecule has 0 spiro atoms. The van der Waals surface area contributed by atoms with Crippen molar-refractivity contribution in [3.8, 4) is 5.75 Å². The number of rotatable bonds is 2. The van der Waals surface area contributed by atoms with Gasteiger partial charge in [0.05, 0.1) is 5.92 Å². The fourth-order valence-corrected chi connectivity index (χ4v) is 3.45. The number of para-hydroxylation sites is 1. The van der Waals surface area contributed by atoms with Crippen LogP contribution in [0.5, 0.6) is 5.75 Å². The maximum atomic E-state index is 12.6. The Morgan fingerprint density at radius 2 is 1.92 bits per heavy atom. The lowest BCUT2D eigenvalue weighted by molar-refractivity contribution is -0.223. The molecule has 7 heteroatoms. The molecule has 2 heterocycles. The van der Waals surface area contributed by atoms with Gasteiger partial charge in [-0.2, -0.15) is 13.2 Å². The molecule has 2 aliphatic heterocycles. The average molecular weight is 343 g/mol. The molecule has 1 fully saturated rings. The number of hydrogen-bond acceptors (Lipinski definition) is 3. The molecule has 3 rings (SSSR count). The Morgan fingerprint density at radius 3 is 2.58 bits per heavy atom. The van der Waals surface area contributed by atoms with Crippen LogP contribution in [0.15, 0.2) is 24.3 Å². The highest BCUT2D eigenvalue weighted by Crippen LogP contribution is 2.33. The third-order valence-electron chi connectivity index (χ3n) is 4.86. The summed E-state index contributed by atoms with van der Waals surface area (Å²) in [5.74, 6) is -0.431. The molecule has 0 aromatic heterocycles. The topological polar surface area (TPSA) is 49.8 Å². The molecule has 0 bridgehead atoms. The summed E-state index contributed by atoms with van der Waals surface area (Å²) in [6.07, 6.45) is -6.00. The van der Waals surface area contributed by atoms with Crippen LogP contribution in [0.4, 0.5) is 13.2 Å². The van der Waals surface area contributed by atoms with Crippen LogP contribution < -0.4 is 4.74 Å². The molecule has 1 amide bonds. The molecule has 2 unspecified atom stereocenters. The normalized spacial score (nSPS) is 23.3. The summed E-state index contributed by atoms with van der Waals surface area (Å²) in [6, 6.07) is 7.54. The molecular weight excluding hydrogens is 323 g/mol. The minimum atomic E-state index is -4.60. The zero-order chi connectivity index (χ0) is 17.3. The third kappa shape index (κ3) is 3.50. The van der Waals surface area contributed by atoms with E-state index >= 15 is 0 Å². The van der Waals surface area contributed by atoms with Gasteiger partial charge in [0.15, 0.2) is 6.10 Å². The summed E-state index contributed by atoms with van der Waals surface area (Å²) in [5.41, 5.74) is 0.976. The highest BCUT2D eigenvalue weighted by molar-refractivity contribution is 5.80. The SMILES string of the molecule is O=C(C1COc2ccccc2C1)N1CCC(C(O)C(F)(F)F)CC1. The van der Waals surface area contributed by atoms with E-state index in [0.29, 0.717) is 13.0 Å². The number of carbonyl (C=O) groups excluding carboxylic acids is 1. The molecule has 0 aliphatic carbocycles. The molecule has 2 aliphatic rings. The quantitative estimate of drug-likeness (QED) is 0.897. The molecule has 0 radical (unpaired) electrons. The van der Waals surface area contributed by atoms with E-state index in [0.717, 1.165) is 11.3 Å². The van der Waals surface area contributed by atoms with E-state index in [1.807, 2.05) is 24.3 Å². The molecular formula is C17H20F3NO3. The van der Waals surface area contributed by atoms with Gasteiger partial charge in [0.1, 0.15) is 12.4 Å². The van der Waals surface area contributed by atoms with E-state index in [2.05, 4.69) is 0 Å². The van der Waals surface area contributed by atoms with E-state index < -0.39 is 18.2 Å². The first-order valence-electron chi connectivity index (χ1n) is 8.10. The fraction of sp³-hybridized carbons (Fsp3) is 0.588. The number of aliphatic hydroxyl groups excluding tert-OH is 1. The molecule has 4 nitrogen and oxygen atoms in total. The first-order chi connectivity index (χ1) is 11.4. The molecule has 2 atom stereocenters. The van der Waals surface area contributed by atoms with E-state index in [1.54, 1.807) is 4.90 Å². The Labute approximate surface area is 138 Å². The lowest BCUT2D eigenvalue weighted by Gasteiger charge is -2.37. The van der Waals surface area contributed by atoms with Gasteiger partial charge in [-0.05, 0) is 36.8 Å². The van der Waals surface area contributed by atoms with Gasteiger partial charge >= 0.3 is 6.18 Å². The van der Waals surface area contributed by atoms with Crippen LogP contribution in [0.2, 0.25) is 0 Å². The molecule has 24 heavy (non-hydrogen) atoms. The van der Waals surface area contributed by atoms with E-state index in [9.17, 15) is 23.1 Å². The van der Waals surface area contributed by atoms with Crippen molar-refractivity contribution in [3.63, 3.8) is 0 Å². The van der Waals surface area contributed by atoms with Gasteiger partial charge in [-0.3, -0.25) is 4.79 Å². The highest BCUT2D eigenvalue weighted by Gasteiger charge is 2.44. The Bertz CT molecular complexity index is 597. The number of benzene rings is 1. The van der Waals surface area contributed by atoms with Crippen LogP contribution in [0.25, 0.3) is 0 Å². The summed E-state index contributed by atoms with van der Waals surface area (Å²) in [6.45, 7) is 0.782. The Balaban J connectivity index is 1.57. The summed E-state index contributed by atoms with van der Waals surface area (Å²) < 4.78 is 43.3. The van der Waals surface area contributed by atoms with E-state index in [4.69, 9.17) is 4.74 Å². The van der Waals surface area contributed by atoms with Crippen LogP contribution in [0.3, 0.4) is 0 Å². The fourth-order valence-electron chi connectivity index (χ4n) is 3.45. The molecule has 1 aromatic carbocycles. The number of nitrogens with zero attached hydrogens (tertiary/aromatic N) is 1. The van der Waals surface area contributed by atoms with Crippen molar-refractivity contribution >= 4 is 5.91 Å². The average Bonchev–Trinajstić information content (AvgIpc) is 2.59. The van der Waals surface area contributed by atoms with Crippen molar-refractivity contribution in [3.05, 3.63) is 29.8 Å². The van der Waals surface area contributed by atoms with Gasteiger partial charge in [0, 0.05) is 13.1 Å². The monoisotopic (exact) mass is 343 g/mol. The van der Waals surface area contributed by atoms with Gasteiger partial charge in [0.25, 0.3) is 0 Å². The molecule has 1 aromatic rings. The van der Waals surface area contributed by atoms with E-state index in [-0.39, 0.29) is 37.8 Å². The summed E-state index contributed by atoms with van der Waals surface area (Å²) in [4.78, 5) is 14.2. The number of ether oxygens (including phenoxy) is 1. The second-order valence-corrected chi connectivity index (χ2v) is 6.47. The predicted octanol–water partition coefficient (Wildman–Crippen LogP) is 2.40. The number of halogens is 3. The largest absolute Gasteiger partial charge is 0.492 e. The number of carbonyl (C=O) groups is 1. The maximum absolute atomic E-state index is 12.6. The molecule has 0 saturated carbocycles. The third-order valence-corrected chi connectivity index (χ3v) is 4.86. The lowest BCUT2D eigenvalue weighted by Crippen LogP contribution is -2.48. The first-order valence-corrected chi connectivity index (χ1v) is 8.10. The lowest BCUT2D eigenvalue weighted by atomic mass is 9.89. The van der Waals surface area contributed by atoms with Crippen molar-refractivity contribution in [1.29, 1.82) is 0 Å². The van der Waals surface area contributed by atoms with Crippen molar-refractivity contribution in [2.24, 2.45) is 11.8 Å². The van der Waals surface area contributed by atoms with Crippen LogP contribution >= 0.6 is 0 Å².